The average Bonchev–Trinajstić information content (AvgIpc) is 2.17. The van der Waals surface area contributed by atoms with E-state index in [0.29, 0.717) is 0 Å². The van der Waals surface area contributed by atoms with Crippen molar-refractivity contribution in [2.24, 2.45) is 28.7 Å². The molecule has 0 N–H and O–H groups in total. The van der Waals surface area contributed by atoms with Crippen LogP contribution in [0, 0.1) is 23.7 Å². The first-order chi connectivity index (χ1) is 6.29. The van der Waals surface area contributed by atoms with Gasteiger partial charge in [-0.3, -0.25) is 4.99 Å². The maximum Gasteiger partial charge on any atom is 0.0227 e. The van der Waals surface area contributed by atoms with Gasteiger partial charge in [-0.2, -0.15) is 0 Å². The van der Waals surface area contributed by atoms with Crippen molar-refractivity contribution in [2.75, 3.05) is 0 Å². The third-order valence-electron chi connectivity index (χ3n) is 3.59. The number of fused-ring (bicyclic) bond motifs is 1. The maximum absolute atomic E-state index is 4.25. The first-order valence-corrected chi connectivity index (χ1v) is 5.49. The van der Waals surface area contributed by atoms with Crippen LogP contribution in [0.5, 0.6) is 0 Å². The molecule has 3 unspecified atom stereocenters. The average molecular weight is 177 g/mol. The van der Waals surface area contributed by atoms with Gasteiger partial charge in [-0.1, -0.05) is 26.3 Å². The van der Waals surface area contributed by atoms with Crippen LogP contribution < -0.4 is 0 Å². The number of hydrogen-bond acceptors (Lipinski definition) is 1. The summed E-state index contributed by atoms with van der Waals surface area (Å²) < 4.78 is 0. The van der Waals surface area contributed by atoms with Gasteiger partial charge in [0.1, 0.15) is 0 Å². The molecule has 0 bridgehead atoms. The van der Waals surface area contributed by atoms with Crippen molar-refractivity contribution in [3.63, 3.8) is 0 Å². The fourth-order valence-corrected chi connectivity index (χ4v) is 2.84. The van der Waals surface area contributed by atoms with E-state index in [2.05, 4.69) is 31.1 Å². The van der Waals surface area contributed by atoms with Gasteiger partial charge in [0, 0.05) is 18.3 Å². The van der Waals surface area contributed by atoms with Crippen molar-refractivity contribution in [3.05, 3.63) is 12.3 Å². The molecular formula is C12H19N. The molecule has 0 amide bonds. The molecule has 1 fully saturated rings. The standard InChI is InChI=1S/C12H19N/c1-9(2)11-5-3-4-10-8-13-7-6-12(10)11/h6-12H,3-5H2,1-2H3. The van der Waals surface area contributed by atoms with Gasteiger partial charge in [-0.25, -0.2) is 0 Å². The van der Waals surface area contributed by atoms with Gasteiger partial charge in [0.05, 0.1) is 0 Å². The van der Waals surface area contributed by atoms with Gasteiger partial charge in [0.2, 0.25) is 0 Å². The van der Waals surface area contributed by atoms with Crippen molar-refractivity contribution in [2.45, 2.75) is 33.1 Å². The molecule has 0 aromatic heterocycles. The minimum Gasteiger partial charge on any atom is -0.269 e. The molecule has 3 atom stereocenters. The molecule has 0 spiro atoms. The second kappa shape index (κ2) is 3.65. The number of rotatable bonds is 1. The molecule has 1 aliphatic heterocycles. The Labute approximate surface area is 80.9 Å². The van der Waals surface area contributed by atoms with Crippen LogP contribution in [-0.2, 0) is 0 Å². The van der Waals surface area contributed by atoms with Crippen LogP contribution >= 0.6 is 0 Å². The highest BCUT2D eigenvalue weighted by atomic mass is 14.7. The fourth-order valence-electron chi connectivity index (χ4n) is 2.84. The Morgan fingerprint density at radius 2 is 2.15 bits per heavy atom. The Hall–Kier alpha value is -0.590. The monoisotopic (exact) mass is 177 g/mol. The quantitative estimate of drug-likeness (QED) is 0.583. The lowest BCUT2D eigenvalue weighted by atomic mass is 9.68. The van der Waals surface area contributed by atoms with E-state index < -0.39 is 0 Å². The first kappa shape index (κ1) is 8.98. The molecular weight excluding hydrogens is 158 g/mol. The lowest BCUT2D eigenvalue weighted by Gasteiger charge is -2.38. The molecule has 0 radical (unpaired) electrons. The van der Waals surface area contributed by atoms with E-state index in [-0.39, 0.29) is 0 Å². The van der Waals surface area contributed by atoms with Crippen LogP contribution in [0.15, 0.2) is 17.3 Å². The molecule has 13 heavy (non-hydrogen) atoms. The Balaban J connectivity index is 2.13. The highest BCUT2D eigenvalue weighted by Gasteiger charge is 2.32. The van der Waals surface area contributed by atoms with Crippen LogP contribution in [-0.4, -0.2) is 6.21 Å². The Bertz CT molecular complexity index is 227. The predicted octanol–water partition coefficient (Wildman–Crippen LogP) is 3.27. The van der Waals surface area contributed by atoms with Crippen molar-refractivity contribution >= 4 is 6.21 Å². The second-order valence-electron chi connectivity index (χ2n) is 4.72. The summed E-state index contributed by atoms with van der Waals surface area (Å²) >= 11 is 0. The van der Waals surface area contributed by atoms with Gasteiger partial charge >= 0.3 is 0 Å². The van der Waals surface area contributed by atoms with E-state index in [4.69, 9.17) is 0 Å². The van der Waals surface area contributed by atoms with Crippen LogP contribution in [0.1, 0.15) is 33.1 Å². The highest BCUT2D eigenvalue weighted by molar-refractivity contribution is 5.64. The van der Waals surface area contributed by atoms with E-state index in [1.807, 2.05) is 6.20 Å². The second-order valence-corrected chi connectivity index (χ2v) is 4.72. The summed E-state index contributed by atoms with van der Waals surface area (Å²) in [5.74, 6) is 3.24. The minimum atomic E-state index is 0.742. The molecule has 0 saturated heterocycles. The van der Waals surface area contributed by atoms with Crippen LogP contribution in [0.2, 0.25) is 0 Å². The zero-order valence-corrected chi connectivity index (χ0v) is 8.61. The minimum absolute atomic E-state index is 0.742. The number of allylic oxidation sites excluding steroid dienone is 1. The largest absolute Gasteiger partial charge is 0.269 e. The van der Waals surface area contributed by atoms with E-state index in [0.717, 1.165) is 23.7 Å². The Morgan fingerprint density at radius 1 is 1.31 bits per heavy atom. The summed E-state index contributed by atoms with van der Waals surface area (Å²) in [6.45, 7) is 4.71. The maximum atomic E-state index is 4.25. The van der Waals surface area contributed by atoms with E-state index in [1.54, 1.807) is 0 Å². The summed E-state index contributed by atoms with van der Waals surface area (Å²) in [5, 5.41) is 0. The zero-order chi connectivity index (χ0) is 9.26. The van der Waals surface area contributed by atoms with Crippen LogP contribution in [0.25, 0.3) is 0 Å². The Morgan fingerprint density at radius 3 is 2.92 bits per heavy atom. The normalized spacial score (nSPS) is 37.9. The third kappa shape index (κ3) is 1.70. The molecule has 1 nitrogen and oxygen atoms in total. The first-order valence-electron chi connectivity index (χ1n) is 5.49. The van der Waals surface area contributed by atoms with Gasteiger partial charge in [0.25, 0.3) is 0 Å². The summed E-state index contributed by atoms with van der Waals surface area (Å²) in [7, 11) is 0. The topological polar surface area (TPSA) is 12.4 Å². The molecule has 1 saturated carbocycles. The van der Waals surface area contributed by atoms with Gasteiger partial charge in [-0.15, -0.1) is 0 Å². The summed E-state index contributed by atoms with van der Waals surface area (Å²) in [6, 6.07) is 0. The number of aliphatic imine (C=N–C) groups is 1. The van der Waals surface area contributed by atoms with Crippen molar-refractivity contribution in [1.82, 2.24) is 0 Å². The SMILES string of the molecule is CC(C)C1CCCC2C=NC=CC21. The predicted molar refractivity (Wildman–Crippen MR) is 56.8 cm³/mol. The number of hydrogen-bond donors (Lipinski definition) is 0. The van der Waals surface area contributed by atoms with Crippen LogP contribution in [0.4, 0.5) is 0 Å². The van der Waals surface area contributed by atoms with Gasteiger partial charge < -0.3 is 0 Å². The molecule has 2 aliphatic rings. The Kier molecular flexibility index (Phi) is 2.52. The van der Waals surface area contributed by atoms with Crippen molar-refractivity contribution in [3.8, 4) is 0 Å². The third-order valence-corrected chi connectivity index (χ3v) is 3.59. The van der Waals surface area contributed by atoms with E-state index in [9.17, 15) is 0 Å². The van der Waals surface area contributed by atoms with Crippen molar-refractivity contribution < 1.29 is 0 Å². The molecule has 0 aromatic carbocycles. The van der Waals surface area contributed by atoms with Gasteiger partial charge in [0.15, 0.2) is 0 Å². The molecule has 72 valence electrons. The number of nitrogens with zero attached hydrogens (tertiary/aromatic N) is 1. The highest BCUT2D eigenvalue weighted by Crippen LogP contribution is 2.40. The summed E-state index contributed by atoms with van der Waals surface area (Å²) in [6.07, 6.45) is 10.6. The van der Waals surface area contributed by atoms with E-state index >= 15 is 0 Å². The zero-order valence-electron chi connectivity index (χ0n) is 8.61. The van der Waals surface area contributed by atoms with Gasteiger partial charge in [-0.05, 0) is 30.6 Å². The molecule has 2 rings (SSSR count). The smallest absolute Gasteiger partial charge is 0.0227 e. The lowest BCUT2D eigenvalue weighted by molar-refractivity contribution is 0.187. The van der Waals surface area contributed by atoms with E-state index in [1.165, 1.54) is 19.3 Å². The molecule has 1 heteroatoms. The molecule has 1 aliphatic carbocycles. The molecule has 0 aromatic rings. The summed E-state index contributed by atoms with van der Waals surface area (Å²) in [5.41, 5.74) is 0. The summed E-state index contributed by atoms with van der Waals surface area (Å²) in [4.78, 5) is 4.25. The van der Waals surface area contributed by atoms with Crippen LogP contribution in [0.3, 0.4) is 0 Å². The fraction of sp³-hybridized carbons (Fsp3) is 0.750. The lowest BCUT2D eigenvalue weighted by Crippen LogP contribution is -2.32. The van der Waals surface area contributed by atoms with Crippen molar-refractivity contribution in [1.29, 1.82) is 0 Å². The molecule has 1 heterocycles.